The Bertz CT molecular complexity index is 521. The Morgan fingerprint density at radius 2 is 2.17 bits per heavy atom. The van der Waals surface area contributed by atoms with Crippen LogP contribution in [0.5, 0.6) is 0 Å². The molecule has 1 aliphatic heterocycles. The Hall–Kier alpha value is -1.40. The molecule has 0 aromatic carbocycles. The fraction of sp³-hybridized carbons (Fsp3) is 0.765. The first kappa shape index (κ1) is 17.9. The molecule has 0 N–H and O–H groups in total. The van der Waals surface area contributed by atoms with E-state index in [1.54, 1.807) is 20.4 Å². The average molecular weight is 324 g/mol. The van der Waals surface area contributed by atoms with Crippen molar-refractivity contribution in [2.45, 2.75) is 57.6 Å². The molecule has 6 heteroatoms. The van der Waals surface area contributed by atoms with Crippen molar-refractivity contribution in [1.29, 1.82) is 0 Å². The van der Waals surface area contributed by atoms with E-state index < -0.39 is 0 Å². The van der Waals surface area contributed by atoms with Crippen molar-refractivity contribution in [3.8, 4) is 0 Å². The summed E-state index contributed by atoms with van der Waals surface area (Å²) in [5.74, 6) is 1.56. The predicted molar refractivity (Wildman–Crippen MR) is 86.3 cm³/mol. The number of rotatable bonds is 6. The Morgan fingerprint density at radius 3 is 2.74 bits per heavy atom. The highest BCUT2D eigenvalue weighted by Crippen LogP contribution is 2.24. The lowest BCUT2D eigenvalue weighted by Gasteiger charge is -2.23. The van der Waals surface area contributed by atoms with Crippen LogP contribution >= 0.6 is 0 Å². The molecule has 2 heterocycles. The molecule has 1 aromatic heterocycles. The van der Waals surface area contributed by atoms with Gasteiger partial charge in [-0.1, -0.05) is 20.8 Å². The third kappa shape index (κ3) is 4.54. The third-order valence-electron chi connectivity index (χ3n) is 4.23. The summed E-state index contributed by atoms with van der Waals surface area (Å²) in [6.07, 6.45) is 3.57. The smallest absolute Gasteiger partial charge is 0.223 e. The molecule has 1 fully saturated rings. The molecular weight excluding hydrogens is 296 g/mol. The van der Waals surface area contributed by atoms with Crippen LogP contribution in [-0.2, 0) is 26.1 Å². The molecule has 0 spiro atoms. The molecule has 2 atom stereocenters. The molecule has 1 aromatic rings. The van der Waals surface area contributed by atoms with Crippen molar-refractivity contribution in [2.75, 3.05) is 27.4 Å². The number of hydrogen-bond acceptors (Lipinski definition) is 5. The highest BCUT2D eigenvalue weighted by atomic mass is 16.5. The summed E-state index contributed by atoms with van der Waals surface area (Å²) >= 11 is 0. The van der Waals surface area contributed by atoms with Crippen LogP contribution in [0.25, 0.3) is 0 Å². The monoisotopic (exact) mass is 324 g/mol. The number of carbonyl (C=O) groups excluding carboxylic acids is 1. The van der Waals surface area contributed by atoms with Crippen molar-refractivity contribution < 1.29 is 18.7 Å². The van der Waals surface area contributed by atoms with E-state index in [4.69, 9.17) is 13.9 Å². The molecule has 130 valence electrons. The molecule has 2 rings (SSSR count). The molecule has 0 bridgehead atoms. The van der Waals surface area contributed by atoms with E-state index in [0.717, 1.165) is 12.2 Å². The van der Waals surface area contributed by atoms with Crippen LogP contribution in [0.4, 0.5) is 0 Å². The second-order valence-electron chi connectivity index (χ2n) is 7.12. The van der Waals surface area contributed by atoms with Gasteiger partial charge >= 0.3 is 0 Å². The van der Waals surface area contributed by atoms with E-state index in [-0.39, 0.29) is 23.5 Å². The maximum absolute atomic E-state index is 12.5. The number of carbonyl (C=O) groups is 1. The number of hydrogen-bond donors (Lipinski definition) is 0. The van der Waals surface area contributed by atoms with Crippen LogP contribution in [0.2, 0.25) is 0 Å². The van der Waals surface area contributed by atoms with Gasteiger partial charge in [0.2, 0.25) is 5.91 Å². The van der Waals surface area contributed by atoms with Crippen molar-refractivity contribution in [2.24, 2.45) is 0 Å². The van der Waals surface area contributed by atoms with Gasteiger partial charge in [-0.2, -0.15) is 0 Å². The molecule has 1 amide bonds. The van der Waals surface area contributed by atoms with Gasteiger partial charge in [-0.05, 0) is 6.42 Å². The summed E-state index contributed by atoms with van der Waals surface area (Å²) in [6.45, 7) is 7.40. The minimum absolute atomic E-state index is 0.0700. The molecule has 1 aliphatic rings. The van der Waals surface area contributed by atoms with Crippen molar-refractivity contribution >= 4 is 5.91 Å². The van der Waals surface area contributed by atoms with Gasteiger partial charge in [0, 0.05) is 39.0 Å². The molecule has 6 nitrogen and oxygen atoms in total. The van der Waals surface area contributed by atoms with Gasteiger partial charge in [-0.3, -0.25) is 4.79 Å². The van der Waals surface area contributed by atoms with E-state index >= 15 is 0 Å². The first-order valence-corrected chi connectivity index (χ1v) is 8.11. The van der Waals surface area contributed by atoms with Crippen LogP contribution in [0.3, 0.4) is 0 Å². The first-order chi connectivity index (χ1) is 10.8. The van der Waals surface area contributed by atoms with Crippen molar-refractivity contribution in [3.63, 3.8) is 0 Å². The lowest BCUT2D eigenvalue weighted by molar-refractivity contribution is -0.133. The normalized spacial score (nSPS) is 21.9. The lowest BCUT2D eigenvalue weighted by atomic mass is 9.94. The van der Waals surface area contributed by atoms with Crippen molar-refractivity contribution in [1.82, 2.24) is 9.88 Å². The van der Waals surface area contributed by atoms with Crippen LogP contribution in [0.1, 0.15) is 45.3 Å². The Labute approximate surface area is 138 Å². The molecule has 0 saturated carbocycles. The van der Waals surface area contributed by atoms with Crippen LogP contribution in [0.15, 0.2) is 10.6 Å². The quantitative estimate of drug-likeness (QED) is 0.802. The van der Waals surface area contributed by atoms with Gasteiger partial charge in [0.25, 0.3) is 0 Å². The number of likely N-dealkylation sites (tertiary alicyclic amines) is 1. The highest BCUT2D eigenvalue weighted by molar-refractivity contribution is 5.77. The van der Waals surface area contributed by atoms with Gasteiger partial charge in [0.05, 0.1) is 24.9 Å². The summed E-state index contributed by atoms with van der Waals surface area (Å²) in [7, 11) is 3.34. The number of amides is 1. The predicted octanol–water partition coefficient (Wildman–Crippen LogP) is 2.17. The van der Waals surface area contributed by atoms with E-state index in [2.05, 4.69) is 25.8 Å². The maximum Gasteiger partial charge on any atom is 0.223 e. The van der Waals surface area contributed by atoms with Gasteiger partial charge in [-0.25, -0.2) is 4.98 Å². The standard InChI is InChI=1S/C17H28N2O4/c1-17(2,3)14-9-18-15(23-14)6-7-16(20)19-10-13(22-5)8-12(19)11-21-4/h9,12-13H,6-8,10-11H2,1-5H3/t12-,13+/m0/s1. The third-order valence-corrected chi connectivity index (χ3v) is 4.23. The second-order valence-corrected chi connectivity index (χ2v) is 7.12. The Morgan fingerprint density at radius 1 is 1.43 bits per heavy atom. The number of aromatic nitrogens is 1. The van der Waals surface area contributed by atoms with E-state index in [9.17, 15) is 4.79 Å². The summed E-state index contributed by atoms with van der Waals surface area (Å²) in [4.78, 5) is 18.7. The van der Waals surface area contributed by atoms with E-state index in [0.29, 0.717) is 31.9 Å². The zero-order chi connectivity index (χ0) is 17.0. The number of methoxy groups -OCH3 is 2. The fourth-order valence-corrected chi connectivity index (χ4v) is 2.83. The van der Waals surface area contributed by atoms with E-state index in [1.165, 1.54) is 0 Å². The number of aryl methyl sites for hydroxylation is 1. The zero-order valence-electron chi connectivity index (χ0n) is 14.8. The Balaban J connectivity index is 1.92. The molecule has 0 aliphatic carbocycles. The van der Waals surface area contributed by atoms with Gasteiger partial charge in [-0.15, -0.1) is 0 Å². The minimum atomic E-state index is -0.0700. The van der Waals surface area contributed by atoms with Crippen LogP contribution < -0.4 is 0 Å². The SMILES string of the molecule is COC[C@@H]1C[C@@H](OC)CN1C(=O)CCc1ncc(C(C)(C)C)o1. The first-order valence-electron chi connectivity index (χ1n) is 8.11. The zero-order valence-corrected chi connectivity index (χ0v) is 14.8. The summed E-state index contributed by atoms with van der Waals surface area (Å²) in [6, 6.07) is 0.0900. The number of nitrogens with zero attached hydrogens (tertiary/aromatic N) is 2. The van der Waals surface area contributed by atoms with E-state index in [1.807, 2.05) is 4.90 Å². The topological polar surface area (TPSA) is 64.8 Å². The van der Waals surface area contributed by atoms with Gasteiger partial charge in [0.1, 0.15) is 5.76 Å². The average Bonchev–Trinajstić information content (AvgIpc) is 3.11. The van der Waals surface area contributed by atoms with Gasteiger partial charge in [0.15, 0.2) is 5.89 Å². The molecule has 1 saturated heterocycles. The van der Waals surface area contributed by atoms with Crippen molar-refractivity contribution in [3.05, 3.63) is 17.8 Å². The number of ether oxygens (including phenoxy) is 2. The summed E-state index contributed by atoms with van der Waals surface area (Å²) in [5.41, 5.74) is -0.0700. The second kappa shape index (κ2) is 7.45. The highest BCUT2D eigenvalue weighted by Gasteiger charge is 2.35. The van der Waals surface area contributed by atoms with Crippen LogP contribution in [0, 0.1) is 0 Å². The largest absolute Gasteiger partial charge is 0.445 e. The molecule has 23 heavy (non-hydrogen) atoms. The summed E-state index contributed by atoms with van der Waals surface area (Å²) in [5, 5.41) is 0. The molecular formula is C17H28N2O4. The number of oxazole rings is 1. The molecule has 0 radical (unpaired) electrons. The lowest BCUT2D eigenvalue weighted by Crippen LogP contribution is -2.38. The van der Waals surface area contributed by atoms with Crippen LogP contribution in [-0.4, -0.2) is 55.3 Å². The Kier molecular flexibility index (Phi) is 5.81. The summed E-state index contributed by atoms with van der Waals surface area (Å²) < 4.78 is 16.4. The maximum atomic E-state index is 12.5. The molecule has 0 unspecified atom stereocenters. The van der Waals surface area contributed by atoms with Gasteiger partial charge < -0.3 is 18.8 Å². The fourth-order valence-electron chi connectivity index (χ4n) is 2.83. The minimum Gasteiger partial charge on any atom is -0.445 e.